The van der Waals surface area contributed by atoms with Crippen LogP contribution in [-0.4, -0.2) is 4.92 Å². The zero-order valence-electron chi connectivity index (χ0n) is 10.1. The number of nitrogen functional groups attached to an aromatic ring is 1. The van der Waals surface area contributed by atoms with E-state index < -0.39 is 4.92 Å². The summed E-state index contributed by atoms with van der Waals surface area (Å²) in [6.45, 7) is 1.67. The van der Waals surface area contributed by atoms with Crippen LogP contribution in [0.3, 0.4) is 0 Å². The highest BCUT2D eigenvalue weighted by Gasteiger charge is 2.16. The summed E-state index contributed by atoms with van der Waals surface area (Å²) >= 11 is 5.78. The standard InChI is InChI=1S/C13H11ClN2O3/c1-8-12(7-6-11(13(8)15)16(17)18)19-10-4-2-9(14)3-5-10/h2-7H,15H2,1H3. The van der Waals surface area contributed by atoms with Gasteiger partial charge in [-0.05, 0) is 37.3 Å². The number of nitro groups is 1. The van der Waals surface area contributed by atoms with Gasteiger partial charge < -0.3 is 10.5 Å². The molecule has 0 radical (unpaired) electrons. The summed E-state index contributed by atoms with van der Waals surface area (Å²) in [5, 5.41) is 11.4. The van der Waals surface area contributed by atoms with Crippen molar-refractivity contribution in [3.8, 4) is 11.5 Å². The van der Waals surface area contributed by atoms with Gasteiger partial charge in [-0.1, -0.05) is 11.6 Å². The Morgan fingerprint density at radius 1 is 1.21 bits per heavy atom. The first kappa shape index (κ1) is 13.2. The van der Waals surface area contributed by atoms with E-state index in [-0.39, 0.29) is 11.4 Å². The van der Waals surface area contributed by atoms with E-state index in [4.69, 9.17) is 22.1 Å². The predicted molar refractivity (Wildman–Crippen MR) is 73.8 cm³/mol. The van der Waals surface area contributed by atoms with Crippen molar-refractivity contribution in [2.45, 2.75) is 6.92 Å². The first-order chi connectivity index (χ1) is 8.99. The van der Waals surface area contributed by atoms with Gasteiger partial charge in [0.2, 0.25) is 0 Å². The van der Waals surface area contributed by atoms with Crippen LogP contribution in [0.15, 0.2) is 36.4 Å². The molecule has 98 valence electrons. The molecule has 0 aliphatic heterocycles. The molecule has 0 atom stereocenters. The van der Waals surface area contributed by atoms with Crippen LogP contribution in [0.4, 0.5) is 11.4 Å². The van der Waals surface area contributed by atoms with E-state index in [2.05, 4.69) is 0 Å². The second-order valence-electron chi connectivity index (χ2n) is 3.93. The van der Waals surface area contributed by atoms with Gasteiger partial charge in [-0.3, -0.25) is 10.1 Å². The molecule has 19 heavy (non-hydrogen) atoms. The van der Waals surface area contributed by atoms with Gasteiger partial charge in [-0.2, -0.15) is 0 Å². The Balaban J connectivity index is 2.34. The quantitative estimate of drug-likeness (QED) is 0.524. The third-order valence-electron chi connectivity index (χ3n) is 2.68. The predicted octanol–water partition coefficient (Wildman–Crippen LogP) is 3.93. The van der Waals surface area contributed by atoms with Crippen LogP contribution in [0.2, 0.25) is 5.02 Å². The van der Waals surface area contributed by atoms with E-state index in [1.807, 2.05) is 0 Å². The van der Waals surface area contributed by atoms with Crippen molar-refractivity contribution in [1.82, 2.24) is 0 Å². The minimum atomic E-state index is -0.519. The van der Waals surface area contributed by atoms with Crippen LogP contribution < -0.4 is 10.5 Å². The van der Waals surface area contributed by atoms with E-state index in [1.54, 1.807) is 31.2 Å². The fraction of sp³-hybridized carbons (Fsp3) is 0.0769. The largest absolute Gasteiger partial charge is 0.457 e. The summed E-state index contributed by atoms with van der Waals surface area (Å²) in [4.78, 5) is 10.2. The lowest BCUT2D eigenvalue weighted by molar-refractivity contribution is -0.383. The van der Waals surface area contributed by atoms with Crippen molar-refractivity contribution in [1.29, 1.82) is 0 Å². The van der Waals surface area contributed by atoms with Crippen LogP contribution >= 0.6 is 11.6 Å². The first-order valence-electron chi connectivity index (χ1n) is 5.46. The molecule has 2 N–H and O–H groups in total. The number of rotatable bonds is 3. The number of nitro benzene ring substituents is 1. The average Bonchev–Trinajstić information content (AvgIpc) is 2.37. The van der Waals surface area contributed by atoms with Gasteiger partial charge in [0.1, 0.15) is 17.2 Å². The molecule has 0 aliphatic carbocycles. The minimum absolute atomic E-state index is 0.108. The zero-order chi connectivity index (χ0) is 14.0. The molecule has 0 fully saturated rings. The highest BCUT2D eigenvalue weighted by atomic mass is 35.5. The van der Waals surface area contributed by atoms with Gasteiger partial charge in [0.05, 0.1) is 4.92 Å². The lowest BCUT2D eigenvalue weighted by Gasteiger charge is -2.10. The Hall–Kier alpha value is -2.27. The fourth-order valence-electron chi connectivity index (χ4n) is 1.59. The molecule has 2 aromatic rings. The summed E-state index contributed by atoms with van der Waals surface area (Å²) in [6, 6.07) is 9.66. The number of ether oxygens (including phenoxy) is 1. The van der Waals surface area contributed by atoms with E-state index >= 15 is 0 Å². The molecule has 0 unspecified atom stereocenters. The van der Waals surface area contributed by atoms with Crippen molar-refractivity contribution in [2.24, 2.45) is 0 Å². The topological polar surface area (TPSA) is 78.4 Å². The van der Waals surface area contributed by atoms with Crippen LogP contribution in [-0.2, 0) is 0 Å². The third kappa shape index (κ3) is 2.77. The number of nitrogens with two attached hydrogens (primary N) is 1. The van der Waals surface area contributed by atoms with Gasteiger partial charge in [-0.25, -0.2) is 0 Å². The van der Waals surface area contributed by atoms with Crippen LogP contribution in [0.5, 0.6) is 11.5 Å². The van der Waals surface area contributed by atoms with E-state index in [1.165, 1.54) is 12.1 Å². The molecule has 6 heteroatoms. The molecule has 0 saturated carbocycles. The number of hydrogen-bond acceptors (Lipinski definition) is 4. The number of anilines is 1. The van der Waals surface area contributed by atoms with Gasteiger partial charge in [0.15, 0.2) is 0 Å². The molecular formula is C13H11ClN2O3. The second kappa shape index (κ2) is 5.16. The highest BCUT2D eigenvalue weighted by Crippen LogP contribution is 2.34. The summed E-state index contributed by atoms with van der Waals surface area (Å²) in [6.07, 6.45) is 0. The average molecular weight is 279 g/mol. The Morgan fingerprint density at radius 2 is 1.84 bits per heavy atom. The zero-order valence-corrected chi connectivity index (χ0v) is 10.8. The molecule has 2 aromatic carbocycles. The molecule has 0 bridgehead atoms. The van der Waals surface area contributed by atoms with E-state index in [9.17, 15) is 10.1 Å². The monoisotopic (exact) mass is 278 g/mol. The Bertz CT molecular complexity index is 627. The van der Waals surface area contributed by atoms with Gasteiger partial charge in [-0.15, -0.1) is 0 Å². The maximum Gasteiger partial charge on any atom is 0.292 e. The van der Waals surface area contributed by atoms with E-state index in [0.717, 1.165) is 0 Å². The molecule has 0 spiro atoms. The van der Waals surface area contributed by atoms with Crippen LogP contribution in [0, 0.1) is 17.0 Å². The number of hydrogen-bond donors (Lipinski definition) is 1. The lowest BCUT2D eigenvalue weighted by atomic mass is 10.1. The van der Waals surface area contributed by atoms with Gasteiger partial charge in [0, 0.05) is 16.7 Å². The fourth-order valence-corrected chi connectivity index (χ4v) is 1.72. The summed E-state index contributed by atoms with van der Waals surface area (Å²) in [5.41, 5.74) is 6.23. The number of benzene rings is 2. The maximum atomic E-state index is 10.8. The third-order valence-corrected chi connectivity index (χ3v) is 2.93. The summed E-state index contributed by atoms with van der Waals surface area (Å²) < 4.78 is 5.62. The number of nitrogens with zero attached hydrogens (tertiary/aromatic N) is 1. The Morgan fingerprint density at radius 3 is 2.42 bits per heavy atom. The summed E-state index contributed by atoms with van der Waals surface area (Å²) in [7, 11) is 0. The molecular weight excluding hydrogens is 268 g/mol. The van der Waals surface area contributed by atoms with Crippen LogP contribution in [0.1, 0.15) is 5.56 Å². The lowest BCUT2D eigenvalue weighted by Crippen LogP contribution is -1.99. The molecule has 2 rings (SSSR count). The maximum absolute atomic E-state index is 10.8. The van der Waals surface area contributed by atoms with Crippen molar-refractivity contribution in [3.05, 3.63) is 57.1 Å². The highest BCUT2D eigenvalue weighted by molar-refractivity contribution is 6.30. The molecule has 0 aromatic heterocycles. The summed E-state index contributed by atoms with van der Waals surface area (Å²) in [5.74, 6) is 1.06. The molecule has 5 nitrogen and oxygen atoms in total. The molecule has 0 amide bonds. The van der Waals surface area contributed by atoms with E-state index in [0.29, 0.717) is 22.1 Å². The normalized spacial score (nSPS) is 10.2. The molecule has 0 heterocycles. The molecule has 0 aliphatic rings. The van der Waals surface area contributed by atoms with Gasteiger partial charge >= 0.3 is 0 Å². The van der Waals surface area contributed by atoms with Gasteiger partial charge in [0.25, 0.3) is 5.69 Å². The van der Waals surface area contributed by atoms with Crippen molar-refractivity contribution in [3.63, 3.8) is 0 Å². The molecule has 0 saturated heterocycles. The van der Waals surface area contributed by atoms with Crippen molar-refractivity contribution >= 4 is 23.0 Å². The number of halogens is 1. The van der Waals surface area contributed by atoms with Crippen LogP contribution in [0.25, 0.3) is 0 Å². The smallest absolute Gasteiger partial charge is 0.292 e. The SMILES string of the molecule is Cc1c(Oc2ccc(Cl)cc2)ccc([N+](=O)[O-])c1N. The van der Waals surface area contributed by atoms with Crippen molar-refractivity contribution < 1.29 is 9.66 Å². The Labute approximate surface area is 114 Å². The Kier molecular flexibility index (Phi) is 3.57. The second-order valence-corrected chi connectivity index (χ2v) is 4.37. The van der Waals surface area contributed by atoms with Crippen molar-refractivity contribution in [2.75, 3.05) is 5.73 Å². The minimum Gasteiger partial charge on any atom is -0.457 e. The first-order valence-corrected chi connectivity index (χ1v) is 5.83.